The molecule has 0 saturated carbocycles. The van der Waals surface area contributed by atoms with Gasteiger partial charge in [-0.25, -0.2) is 4.99 Å². The minimum Gasteiger partial charge on any atom is -0.497 e. The van der Waals surface area contributed by atoms with Crippen molar-refractivity contribution in [1.82, 2.24) is 0 Å². The minimum atomic E-state index is -0.0607. The van der Waals surface area contributed by atoms with Crippen LogP contribution in [0, 0.1) is 0 Å². The number of hydrogen-bond donors (Lipinski definition) is 0. The Morgan fingerprint density at radius 2 is 1.64 bits per heavy atom. The van der Waals surface area contributed by atoms with Crippen LogP contribution in [0.25, 0.3) is 0 Å². The van der Waals surface area contributed by atoms with Gasteiger partial charge in [0, 0.05) is 17.2 Å². The zero-order valence-corrected chi connectivity index (χ0v) is 15.0. The van der Waals surface area contributed by atoms with Crippen LogP contribution in [-0.4, -0.2) is 27.2 Å². The predicted octanol–water partition coefficient (Wildman–Crippen LogP) is 4.66. The maximum absolute atomic E-state index is 6.20. The standard InChI is InChI=1S/C20H23NO4/c1-5-6-17-15-11-18(23-3)19(24-4)12-16(15)21-20(25-17)13-7-9-14(22-2)10-8-13/h7-12,17H,5-6H2,1-4H3. The van der Waals surface area contributed by atoms with Gasteiger partial charge < -0.3 is 18.9 Å². The third kappa shape index (κ3) is 3.40. The maximum atomic E-state index is 6.20. The molecule has 0 fully saturated rings. The van der Waals surface area contributed by atoms with E-state index in [1.165, 1.54) is 0 Å². The predicted molar refractivity (Wildman–Crippen MR) is 97.5 cm³/mol. The fraction of sp³-hybridized carbons (Fsp3) is 0.350. The van der Waals surface area contributed by atoms with Gasteiger partial charge in [0.25, 0.3) is 0 Å². The molecule has 5 nitrogen and oxygen atoms in total. The molecule has 5 heteroatoms. The van der Waals surface area contributed by atoms with Crippen molar-refractivity contribution in [3.05, 3.63) is 47.5 Å². The Morgan fingerprint density at radius 3 is 2.24 bits per heavy atom. The Bertz CT molecular complexity index is 768. The third-order valence-corrected chi connectivity index (χ3v) is 4.24. The summed E-state index contributed by atoms with van der Waals surface area (Å²) in [4.78, 5) is 4.71. The number of fused-ring (bicyclic) bond motifs is 1. The quantitative estimate of drug-likeness (QED) is 0.766. The van der Waals surface area contributed by atoms with Gasteiger partial charge in [0.2, 0.25) is 5.90 Å². The molecule has 1 aliphatic heterocycles. The number of benzene rings is 2. The van der Waals surface area contributed by atoms with E-state index < -0.39 is 0 Å². The van der Waals surface area contributed by atoms with E-state index in [0.29, 0.717) is 17.4 Å². The summed E-state index contributed by atoms with van der Waals surface area (Å²) in [6.45, 7) is 2.14. The second-order valence-corrected chi connectivity index (χ2v) is 5.81. The van der Waals surface area contributed by atoms with Gasteiger partial charge in [0.05, 0.1) is 27.0 Å². The fourth-order valence-electron chi connectivity index (χ4n) is 2.92. The Kier molecular flexibility index (Phi) is 5.12. The molecule has 0 aliphatic carbocycles. The van der Waals surface area contributed by atoms with Crippen LogP contribution < -0.4 is 14.2 Å². The molecule has 0 spiro atoms. The smallest absolute Gasteiger partial charge is 0.221 e. The molecular weight excluding hydrogens is 318 g/mol. The van der Waals surface area contributed by atoms with E-state index in [-0.39, 0.29) is 6.10 Å². The monoisotopic (exact) mass is 341 g/mol. The molecule has 2 aromatic rings. The highest BCUT2D eigenvalue weighted by Crippen LogP contribution is 2.43. The van der Waals surface area contributed by atoms with Gasteiger partial charge in [-0.15, -0.1) is 0 Å². The highest BCUT2D eigenvalue weighted by Gasteiger charge is 2.26. The molecule has 0 bridgehead atoms. The zero-order valence-electron chi connectivity index (χ0n) is 15.0. The van der Waals surface area contributed by atoms with E-state index in [2.05, 4.69) is 6.92 Å². The van der Waals surface area contributed by atoms with Crippen molar-refractivity contribution in [3.8, 4) is 17.2 Å². The van der Waals surface area contributed by atoms with Crippen LogP contribution in [-0.2, 0) is 4.74 Å². The lowest BCUT2D eigenvalue weighted by molar-refractivity contribution is 0.176. The highest BCUT2D eigenvalue weighted by atomic mass is 16.5. The average molecular weight is 341 g/mol. The third-order valence-electron chi connectivity index (χ3n) is 4.24. The molecule has 132 valence electrons. The molecule has 0 radical (unpaired) electrons. The maximum Gasteiger partial charge on any atom is 0.221 e. The van der Waals surface area contributed by atoms with Gasteiger partial charge in [-0.05, 0) is 36.8 Å². The van der Waals surface area contributed by atoms with Crippen molar-refractivity contribution >= 4 is 11.6 Å². The van der Waals surface area contributed by atoms with Gasteiger partial charge in [-0.1, -0.05) is 13.3 Å². The van der Waals surface area contributed by atoms with Gasteiger partial charge in [-0.3, -0.25) is 0 Å². The molecule has 25 heavy (non-hydrogen) atoms. The summed E-state index contributed by atoms with van der Waals surface area (Å²) in [5.74, 6) is 2.77. The van der Waals surface area contributed by atoms with Gasteiger partial charge in [0.1, 0.15) is 11.9 Å². The largest absolute Gasteiger partial charge is 0.497 e. The van der Waals surface area contributed by atoms with Gasteiger partial charge in [-0.2, -0.15) is 0 Å². The molecule has 3 rings (SSSR count). The topological polar surface area (TPSA) is 49.3 Å². The molecule has 1 aliphatic rings. The first-order chi connectivity index (χ1) is 12.2. The van der Waals surface area contributed by atoms with Crippen LogP contribution in [0.1, 0.15) is 37.0 Å². The normalized spacial score (nSPS) is 15.7. The number of methoxy groups -OCH3 is 3. The van der Waals surface area contributed by atoms with E-state index in [1.54, 1.807) is 21.3 Å². The lowest BCUT2D eigenvalue weighted by Crippen LogP contribution is -2.17. The molecular formula is C20H23NO4. The molecule has 2 aromatic carbocycles. The summed E-state index contributed by atoms with van der Waals surface area (Å²) in [6, 6.07) is 11.6. The first-order valence-corrected chi connectivity index (χ1v) is 8.35. The Hall–Kier alpha value is -2.69. The van der Waals surface area contributed by atoms with Crippen molar-refractivity contribution in [2.75, 3.05) is 21.3 Å². The lowest BCUT2D eigenvalue weighted by Gasteiger charge is -2.27. The second kappa shape index (κ2) is 7.47. The SMILES string of the molecule is CCCC1OC(c2ccc(OC)cc2)=Nc2cc(OC)c(OC)cc21. The minimum absolute atomic E-state index is 0.0607. The average Bonchev–Trinajstić information content (AvgIpc) is 2.67. The van der Waals surface area contributed by atoms with E-state index in [4.69, 9.17) is 23.9 Å². The first kappa shape index (κ1) is 17.1. The molecule has 1 atom stereocenters. The van der Waals surface area contributed by atoms with Crippen LogP contribution in [0.5, 0.6) is 17.2 Å². The number of aliphatic imine (C=N–C) groups is 1. The van der Waals surface area contributed by atoms with Gasteiger partial charge in [0.15, 0.2) is 11.5 Å². The summed E-state index contributed by atoms with van der Waals surface area (Å²) in [5, 5.41) is 0. The number of hydrogen-bond acceptors (Lipinski definition) is 5. The summed E-state index contributed by atoms with van der Waals surface area (Å²) in [7, 11) is 4.91. The van der Waals surface area contributed by atoms with E-state index in [0.717, 1.165) is 35.4 Å². The molecule has 0 aromatic heterocycles. The van der Waals surface area contributed by atoms with Crippen molar-refractivity contribution in [1.29, 1.82) is 0 Å². The summed E-state index contributed by atoms with van der Waals surface area (Å²) >= 11 is 0. The fourth-order valence-corrected chi connectivity index (χ4v) is 2.92. The van der Waals surface area contributed by atoms with Crippen LogP contribution in [0.4, 0.5) is 5.69 Å². The summed E-state index contributed by atoms with van der Waals surface area (Å²) in [5.41, 5.74) is 2.80. The Labute approximate surface area is 148 Å². The molecule has 1 unspecified atom stereocenters. The first-order valence-electron chi connectivity index (χ1n) is 8.35. The van der Waals surface area contributed by atoms with Crippen molar-refractivity contribution in [2.45, 2.75) is 25.9 Å². The number of rotatable bonds is 6. The molecule has 1 heterocycles. The Balaban J connectivity index is 2.06. The lowest BCUT2D eigenvalue weighted by atomic mass is 10.0. The zero-order chi connectivity index (χ0) is 17.8. The number of nitrogens with zero attached hydrogens (tertiary/aromatic N) is 1. The van der Waals surface area contributed by atoms with Crippen molar-refractivity contribution in [3.63, 3.8) is 0 Å². The highest BCUT2D eigenvalue weighted by molar-refractivity contribution is 5.97. The Morgan fingerprint density at radius 1 is 0.960 bits per heavy atom. The van der Waals surface area contributed by atoms with Crippen LogP contribution >= 0.6 is 0 Å². The number of ether oxygens (including phenoxy) is 4. The van der Waals surface area contributed by atoms with Gasteiger partial charge >= 0.3 is 0 Å². The molecule has 0 N–H and O–H groups in total. The molecule has 0 amide bonds. The van der Waals surface area contributed by atoms with Crippen LogP contribution in [0.3, 0.4) is 0 Å². The van der Waals surface area contributed by atoms with Crippen LogP contribution in [0.15, 0.2) is 41.4 Å². The van der Waals surface area contributed by atoms with Crippen molar-refractivity contribution < 1.29 is 18.9 Å². The van der Waals surface area contributed by atoms with E-state index >= 15 is 0 Å². The van der Waals surface area contributed by atoms with E-state index in [9.17, 15) is 0 Å². The summed E-state index contributed by atoms with van der Waals surface area (Å²) in [6.07, 6.45) is 1.85. The second-order valence-electron chi connectivity index (χ2n) is 5.81. The van der Waals surface area contributed by atoms with Crippen molar-refractivity contribution in [2.24, 2.45) is 4.99 Å². The molecule has 0 saturated heterocycles. The van der Waals surface area contributed by atoms with E-state index in [1.807, 2.05) is 36.4 Å². The van der Waals surface area contributed by atoms with Crippen LogP contribution in [0.2, 0.25) is 0 Å². The summed E-state index contributed by atoms with van der Waals surface area (Å²) < 4.78 is 22.3.